The summed E-state index contributed by atoms with van der Waals surface area (Å²) in [5.41, 5.74) is 9.26. The van der Waals surface area contributed by atoms with Crippen LogP contribution in [0.25, 0.3) is 0 Å². The summed E-state index contributed by atoms with van der Waals surface area (Å²) < 4.78 is 6.00. The zero-order chi connectivity index (χ0) is 16.8. The van der Waals surface area contributed by atoms with Gasteiger partial charge < -0.3 is 15.6 Å². The van der Waals surface area contributed by atoms with Crippen LogP contribution < -0.4 is 10.5 Å². The van der Waals surface area contributed by atoms with Crippen molar-refractivity contribution in [1.82, 2.24) is 0 Å². The van der Waals surface area contributed by atoms with Crippen LogP contribution in [-0.2, 0) is 19.4 Å². The van der Waals surface area contributed by atoms with Gasteiger partial charge in [0.25, 0.3) is 0 Å². The van der Waals surface area contributed by atoms with Gasteiger partial charge in [0.05, 0.1) is 0 Å². The molecule has 0 aromatic heterocycles. The topological polar surface area (TPSA) is 79.3 Å². The highest BCUT2D eigenvalue weighted by Gasteiger charge is 2.15. The van der Waals surface area contributed by atoms with Crippen LogP contribution in [0, 0.1) is 5.41 Å². The van der Waals surface area contributed by atoms with E-state index in [2.05, 4.69) is 32.0 Å². The molecule has 0 aliphatic rings. The number of rotatable bonds is 7. The molecule has 1 atom stereocenters. The van der Waals surface area contributed by atoms with Crippen LogP contribution in [0.1, 0.15) is 42.2 Å². The number of ether oxygens (including phenoxy) is 1. The van der Waals surface area contributed by atoms with E-state index in [4.69, 9.17) is 15.9 Å². The molecule has 4 heteroatoms. The molecule has 1 unspecified atom stereocenters. The van der Waals surface area contributed by atoms with Gasteiger partial charge in [0, 0.05) is 0 Å². The first-order chi connectivity index (χ1) is 11.1. The van der Waals surface area contributed by atoms with E-state index < -0.39 is 6.10 Å². The fourth-order valence-corrected chi connectivity index (χ4v) is 2.50. The number of hydrogen-bond acceptors (Lipinski definition) is 3. The lowest BCUT2D eigenvalue weighted by molar-refractivity contribution is 0.238. The van der Waals surface area contributed by atoms with Crippen molar-refractivity contribution >= 4 is 5.84 Å². The van der Waals surface area contributed by atoms with Gasteiger partial charge in [-0.3, -0.25) is 5.41 Å². The summed E-state index contributed by atoms with van der Waals surface area (Å²) >= 11 is 0. The molecule has 122 valence electrons. The van der Waals surface area contributed by atoms with Crippen molar-refractivity contribution in [2.75, 3.05) is 0 Å². The molecule has 0 radical (unpaired) electrons. The monoisotopic (exact) mass is 312 g/mol. The van der Waals surface area contributed by atoms with E-state index in [9.17, 15) is 5.11 Å². The molecule has 4 N–H and O–H groups in total. The van der Waals surface area contributed by atoms with Crippen molar-refractivity contribution in [1.29, 1.82) is 5.41 Å². The molecule has 0 amide bonds. The Labute approximate surface area is 137 Å². The molecule has 4 nitrogen and oxygen atoms in total. The summed E-state index contributed by atoms with van der Waals surface area (Å²) in [6.07, 6.45) is 0.763. The van der Waals surface area contributed by atoms with Crippen molar-refractivity contribution in [2.24, 2.45) is 5.73 Å². The van der Waals surface area contributed by atoms with Gasteiger partial charge in [-0.05, 0) is 41.2 Å². The molecule has 0 aliphatic heterocycles. The van der Waals surface area contributed by atoms with Crippen molar-refractivity contribution in [2.45, 2.75) is 39.4 Å². The lowest BCUT2D eigenvalue weighted by Gasteiger charge is -2.16. The highest BCUT2D eigenvalue weighted by molar-refractivity contribution is 5.83. The zero-order valence-electron chi connectivity index (χ0n) is 13.7. The van der Waals surface area contributed by atoms with Crippen LogP contribution >= 0.6 is 0 Å². The lowest BCUT2D eigenvalue weighted by Crippen LogP contribution is -2.21. The van der Waals surface area contributed by atoms with E-state index in [0.29, 0.717) is 12.2 Å². The minimum absolute atomic E-state index is 0.264. The molecule has 23 heavy (non-hydrogen) atoms. The molecule has 0 fully saturated rings. The van der Waals surface area contributed by atoms with E-state index in [0.717, 1.165) is 29.7 Å². The highest BCUT2D eigenvalue weighted by Crippen LogP contribution is 2.25. The molecule has 0 aliphatic carbocycles. The maximum Gasteiger partial charge on any atom is 0.136 e. The Bertz CT molecular complexity index is 683. The fourth-order valence-electron chi connectivity index (χ4n) is 2.50. The number of benzene rings is 2. The van der Waals surface area contributed by atoms with Gasteiger partial charge in [-0.1, -0.05) is 50.2 Å². The number of aliphatic hydroxyl groups excluding tert-OH is 1. The Kier molecular flexibility index (Phi) is 5.77. The average Bonchev–Trinajstić information content (AvgIpc) is 2.59. The van der Waals surface area contributed by atoms with Gasteiger partial charge in [0.2, 0.25) is 0 Å². The van der Waals surface area contributed by atoms with Crippen LogP contribution in [0.2, 0.25) is 0 Å². The standard InChI is InChI=1S/C19H24N2O2/c1-3-13-9-10-14(4-2)17(11-13)23-12-15-7-5-6-8-16(15)18(22)19(20)21/h5-11,18,22H,3-4,12H2,1-2H3,(H3,20,21). The quantitative estimate of drug-likeness (QED) is 0.542. The molecule has 0 bridgehead atoms. The van der Waals surface area contributed by atoms with E-state index in [-0.39, 0.29) is 5.84 Å². The van der Waals surface area contributed by atoms with Crippen LogP contribution in [-0.4, -0.2) is 10.9 Å². The second-order valence-corrected chi connectivity index (χ2v) is 5.49. The molecular weight excluding hydrogens is 288 g/mol. The molecule has 2 aromatic rings. The number of nitrogens with one attached hydrogen (secondary N) is 1. The fraction of sp³-hybridized carbons (Fsp3) is 0.316. The Balaban J connectivity index is 2.23. The van der Waals surface area contributed by atoms with Crippen molar-refractivity contribution < 1.29 is 9.84 Å². The summed E-state index contributed by atoms with van der Waals surface area (Å²) in [7, 11) is 0. The number of hydrogen-bond donors (Lipinski definition) is 3. The van der Waals surface area contributed by atoms with Crippen LogP contribution in [0.5, 0.6) is 5.75 Å². The van der Waals surface area contributed by atoms with Crippen LogP contribution in [0.4, 0.5) is 0 Å². The van der Waals surface area contributed by atoms with Crippen molar-refractivity contribution in [3.63, 3.8) is 0 Å². The summed E-state index contributed by atoms with van der Waals surface area (Å²) in [6, 6.07) is 13.7. The molecule has 2 aromatic carbocycles. The lowest BCUT2D eigenvalue weighted by atomic mass is 10.0. The number of aryl methyl sites for hydroxylation is 2. The Morgan fingerprint density at radius 1 is 1.13 bits per heavy atom. The maximum absolute atomic E-state index is 10.1. The molecule has 0 heterocycles. The van der Waals surface area contributed by atoms with Crippen LogP contribution in [0.15, 0.2) is 42.5 Å². The normalized spacial score (nSPS) is 12.0. The average molecular weight is 312 g/mol. The first-order valence-corrected chi connectivity index (χ1v) is 7.91. The van der Waals surface area contributed by atoms with Gasteiger partial charge in [-0.2, -0.15) is 0 Å². The van der Waals surface area contributed by atoms with Gasteiger partial charge in [-0.25, -0.2) is 0 Å². The first kappa shape index (κ1) is 17.0. The minimum atomic E-state index is -1.09. The number of amidine groups is 1. The van der Waals surface area contributed by atoms with Gasteiger partial charge in [-0.15, -0.1) is 0 Å². The summed E-state index contributed by atoms with van der Waals surface area (Å²) in [5, 5.41) is 17.5. The van der Waals surface area contributed by atoms with Gasteiger partial charge in [0.15, 0.2) is 0 Å². The Morgan fingerprint density at radius 2 is 1.87 bits per heavy atom. The molecule has 0 saturated carbocycles. The third-order valence-electron chi connectivity index (χ3n) is 3.95. The highest BCUT2D eigenvalue weighted by atomic mass is 16.5. The summed E-state index contributed by atoms with van der Waals surface area (Å²) in [4.78, 5) is 0. The SMILES string of the molecule is CCc1ccc(CC)c(OCc2ccccc2C(O)C(=N)N)c1. The van der Waals surface area contributed by atoms with Crippen molar-refractivity contribution in [3.05, 3.63) is 64.7 Å². The van der Waals surface area contributed by atoms with Crippen molar-refractivity contribution in [3.8, 4) is 5.75 Å². The van der Waals surface area contributed by atoms with E-state index in [1.807, 2.05) is 18.2 Å². The molecule has 0 saturated heterocycles. The number of nitrogens with two attached hydrogens (primary N) is 1. The maximum atomic E-state index is 10.1. The second-order valence-electron chi connectivity index (χ2n) is 5.49. The largest absolute Gasteiger partial charge is 0.489 e. The molecule has 0 spiro atoms. The molecule has 2 rings (SSSR count). The van der Waals surface area contributed by atoms with E-state index in [1.54, 1.807) is 6.07 Å². The van der Waals surface area contributed by atoms with Crippen LogP contribution in [0.3, 0.4) is 0 Å². The minimum Gasteiger partial charge on any atom is -0.489 e. The molecular formula is C19H24N2O2. The summed E-state index contributed by atoms with van der Waals surface area (Å²) in [5.74, 6) is 0.610. The second kappa shape index (κ2) is 7.79. The smallest absolute Gasteiger partial charge is 0.136 e. The Hall–Kier alpha value is -2.33. The predicted octanol–water partition coefficient (Wildman–Crippen LogP) is 3.36. The first-order valence-electron chi connectivity index (χ1n) is 7.91. The van der Waals surface area contributed by atoms with Gasteiger partial charge in [0.1, 0.15) is 24.3 Å². The van der Waals surface area contributed by atoms with E-state index in [1.165, 1.54) is 5.56 Å². The van der Waals surface area contributed by atoms with E-state index >= 15 is 0 Å². The summed E-state index contributed by atoms with van der Waals surface area (Å²) in [6.45, 7) is 4.55. The third kappa shape index (κ3) is 4.11. The third-order valence-corrected chi connectivity index (χ3v) is 3.95. The van der Waals surface area contributed by atoms with Gasteiger partial charge >= 0.3 is 0 Å². The zero-order valence-corrected chi connectivity index (χ0v) is 13.7. The number of aliphatic hydroxyl groups is 1. The predicted molar refractivity (Wildman–Crippen MR) is 92.8 cm³/mol. The Morgan fingerprint density at radius 3 is 2.52 bits per heavy atom.